The molecule has 0 bridgehead atoms. The lowest BCUT2D eigenvalue weighted by atomic mass is 10.00. The van der Waals surface area contributed by atoms with Crippen molar-refractivity contribution in [3.63, 3.8) is 0 Å². The van der Waals surface area contributed by atoms with Crippen molar-refractivity contribution in [1.82, 2.24) is 0 Å². The molecule has 0 unspecified atom stereocenters. The standard InChI is InChI=1S/C15H14O/c1-11(13-5-3-4-6-13)14-7-9-15(10-8-14)12(2)16/h3-10H,1-2H3. The topological polar surface area (TPSA) is 17.1 Å². The highest BCUT2D eigenvalue weighted by Crippen LogP contribution is 2.22. The fourth-order valence-electron chi connectivity index (χ4n) is 1.75. The third-order valence-electron chi connectivity index (χ3n) is 2.82. The number of benzene rings is 1. The molecule has 0 heterocycles. The maximum absolute atomic E-state index is 11.1. The van der Waals surface area contributed by atoms with Gasteiger partial charge in [0.1, 0.15) is 0 Å². The Morgan fingerprint density at radius 3 is 1.88 bits per heavy atom. The Kier molecular flexibility index (Phi) is 2.86. The molecule has 0 atom stereocenters. The van der Waals surface area contributed by atoms with Gasteiger partial charge in [-0.3, -0.25) is 4.79 Å². The number of hydrogen-bond acceptors (Lipinski definition) is 1. The van der Waals surface area contributed by atoms with E-state index in [2.05, 4.69) is 19.1 Å². The van der Waals surface area contributed by atoms with Gasteiger partial charge in [-0.1, -0.05) is 48.6 Å². The lowest BCUT2D eigenvalue weighted by molar-refractivity contribution is 0.101. The highest BCUT2D eigenvalue weighted by Gasteiger charge is 2.03. The Hall–Kier alpha value is -1.89. The van der Waals surface area contributed by atoms with Crippen molar-refractivity contribution in [3.8, 4) is 0 Å². The van der Waals surface area contributed by atoms with Crippen molar-refractivity contribution in [2.45, 2.75) is 13.8 Å². The monoisotopic (exact) mass is 210 g/mol. The minimum Gasteiger partial charge on any atom is -0.295 e. The van der Waals surface area contributed by atoms with Gasteiger partial charge in [-0.25, -0.2) is 0 Å². The van der Waals surface area contributed by atoms with E-state index in [4.69, 9.17) is 0 Å². The van der Waals surface area contributed by atoms with E-state index >= 15 is 0 Å². The molecule has 0 aromatic heterocycles. The van der Waals surface area contributed by atoms with Crippen molar-refractivity contribution in [2.24, 2.45) is 0 Å². The number of allylic oxidation sites excluding steroid dienone is 6. The van der Waals surface area contributed by atoms with Crippen LogP contribution in [0.4, 0.5) is 0 Å². The van der Waals surface area contributed by atoms with Crippen LogP contribution in [0.25, 0.3) is 5.57 Å². The molecule has 0 saturated heterocycles. The zero-order chi connectivity index (χ0) is 11.5. The van der Waals surface area contributed by atoms with E-state index in [1.807, 2.05) is 36.4 Å². The molecule has 2 rings (SSSR count). The van der Waals surface area contributed by atoms with Gasteiger partial charge in [0, 0.05) is 5.56 Å². The average Bonchev–Trinajstić information content (AvgIpc) is 2.81. The molecule has 0 radical (unpaired) electrons. The van der Waals surface area contributed by atoms with Crippen LogP contribution in [-0.4, -0.2) is 5.78 Å². The lowest BCUT2D eigenvalue weighted by Crippen LogP contribution is -1.92. The molecule has 1 aromatic carbocycles. The summed E-state index contributed by atoms with van der Waals surface area (Å²) in [7, 11) is 0. The Labute approximate surface area is 95.8 Å². The fourth-order valence-corrected chi connectivity index (χ4v) is 1.75. The van der Waals surface area contributed by atoms with Gasteiger partial charge in [0.2, 0.25) is 0 Å². The number of carbonyl (C=O) groups excluding carboxylic acids is 1. The van der Waals surface area contributed by atoms with Crippen LogP contribution >= 0.6 is 0 Å². The average molecular weight is 210 g/mol. The molecule has 1 aliphatic carbocycles. The van der Waals surface area contributed by atoms with E-state index in [-0.39, 0.29) is 5.78 Å². The molecular weight excluding hydrogens is 196 g/mol. The second-order valence-electron chi connectivity index (χ2n) is 3.93. The van der Waals surface area contributed by atoms with Crippen LogP contribution in [0.5, 0.6) is 0 Å². The number of ketones is 1. The van der Waals surface area contributed by atoms with Crippen LogP contribution in [0.3, 0.4) is 0 Å². The van der Waals surface area contributed by atoms with Crippen molar-refractivity contribution in [3.05, 3.63) is 65.3 Å². The van der Waals surface area contributed by atoms with Crippen LogP contribution in [0.2, 0.25) is 0 Å². The SMILES string of the molecule is CC(=O)c1ccc(C(C)=C2C=CC=C2)cc1. The van der Waals surface area contributed by atoms with Crippen molar-refractivity contribution >= 4 is 11.4 Å². The first-order chi connectivity index (χ1) is 7.68. The minimum atomic E-state index is 0.109. The van der Waals surface area contributed by atoms with Crippen LogP contribution in [0, 0.1) is 0 Å². The van der Waals surface area contributed by atoms with Crippen LogP contribution < -0.4 is 0 Å². The predicted octanol–water partition coefficient (Wildman–Crippen LogP) is 3.79. The van der Waals surface area contributed by atoms with E-state index in [0.717, 1.165) is 11.1 Å². The molecule has 0 saturated carbocycles. The Morgan fingerprint density at radius 2 is 1.38 bits per heavy atom. The quantitative estimate of drug-likeness (QED) is 0.679. The van der Waals surface area contributed by atoms with Gasteiger partial charge in [-0.2, -0.15) is 0 Å². The Morgan fingerprint density at radius 1 is 0.875 bits per heavy atom. The molecule has 1 nitrogen and oxygen atoms in total. The number of hydrogen-bond donors (Lipinski definition) is 0. The summed E-state index contributed by atoms with van der Waals surface area (Å²) < 4.78 is 0. The van der Waals surface area contributed by atoms with Crippen LogP contribution in [0.1, 0.15) is 29.8 Å². The normalized spacial score (nSPS) is 13.2. The van der Waals surface area contributed by atoms with E-state index in [1.165, 1.54) is 11.1 Å². The molecule has 0 N–H and O–H groups in total. The molecule has 1 aromatic rings. The first-order valence-electron chi connectivity index (χ1n) is 5.35. The molecule has 0 fully saturated rings. The van der Waals surface area contributed by atoms with Crippen molar-refractivity contribution in [2.75, 3.05) is 0 Å². The zero-order valence-corrected chi connectivity index (χ0v) is 9.53. The summed E-state index contributed by atoms with van der Waals surface area (Å²) in [4.78, 5) is 11.1. The van der Waals surface area contributed by atoms with E-state index < -0.39 is 0 Å². The molecule has 0 aliphatic heterocycles. The minimum absolute atomic E-state index is 0.109. The molecule has 1 aliphatic rings. The lowest BCUT2D eigenvalue weighted by Gasteiger charge is -2.05. The molecular formula is C15H14O. The molecule has 0 amide bonds. The summed E-state index contributed by atoms with van der Waals surface area (Å²) in [5.41, 5.74) is 4.39. The molecule has 80 valence electrons. The summed E-state index contributed by atoms with van der Waals surface area (Å²) in [6.07, 6.45) is 8.24. The third kappa shape index (κ3) is 2.03. The van der Waals surface area contributed by atoms with Gasteiger partial charge >= 0.3 is 0 Å². The van der Waals surface area contributed by atoms with Crippen molar-refractivity contribution in [1.29, 1.82) is 0 Å². The second-order valence-corrected chi connectivity index (χ2v) is 3.93. The van der Waals surface area contributed by atoms with E-state index in [0.29, 0.717) is 0 Å². The maximum Gasteiger partial charge on any atom is 0.159 e. The van der Waals surface area contributed by atoms with Crippen LogP contribution in [0.15, 0.2) is 54.1 Å². The highest BCUT2D eigenvalue weighted by atomic mass is 16.1. The van der Waals surface area contributed by atoms with E-state index in [1.54, 1.807) is 6.92 Å². The maximum atomic E-state index is 11.1. The molecule has 0 spiro atoms. The number of Topliss-reactive ketones (excluding diaryl/α,β-unsaturated/α-hetero) is 1. The van der Waals surface area contributed by atoms with Gasteiger partial charge in [0.15, 0.2) is 5.78 Å². The Bertz CT molecular complexity index is 485. The van der Waals surface area contributed by atoms with Gasteiger partial charge in [-0.15, -0.1) is 0 Å². The first kappa shape index (κ1) is 10.6. The predicted molar refractivity (Wildman–Crippen MR) is 67.3 cm³/mol. The van der Waals surface area contributed by atoms with Gasteiger partial charge < -0.3 is 0 Å². The smallest absolute Gasteiger partial charge is 0.159 e. The highest BCUT2D eigenvalue weighted by molar-refractivity contribution is 5.94. The first-order valence-corrected chi connectivity index (χ1v) is 5.35. The van der Waals surface area contributed by atoms with Gasteiger partial charge in [0.25, 0.3) is 0 Å². The van der Waals surface area contributed by atoms with Gasteiger partial charge in [-0.05, 0) is 30.6 Å². The molecule has 1 heteroatoms. The third-order valence-corrected chi connectivity index (χ3v) is 2.82. The zero-order valence-electron chi connectivity index (χ0n) is 9.53. The van der Waals surface area contributed by atoms with E-state index in [9.17, 15) is 4.79 Å². The summed E-state index contributed by atoms with van der Waals surface area (Å²) in [5, 5.41) is 0. The number of rotatable bonds is 2. The largest absolute Gasteiger partial charge is 0.295 e. The number of carbonyl (C=O) groups is 1. The fraction of sp³-hybridized carbons (Fsp3) is 0.133. The van der Waals surface area contributed by atoms with Crippen molar-refractivity contribution < 1.29 is 4.79 Å². The van der Waals surface area contributed by atoms with Crippen LogP contribution in [-0.2, 0) is 0 Å². The summed E-state index contributed by atoms with van der Waals surface area (Å²) >= 11 is 0. The summed E-state index contributed by atoms with van der Waals surface area (Å²) in [6, 6.07) is 7.76. The summed E-state index contributed by atoms with van der Waals surface area (Å²) in [5.74, 6) is 0.109. The Balaban J connectivity index is 2.35. The molecule has 16 heavy (non-hydrogen) atoms. The van der Waals surface area contributed by atoms with Gasteiger partial charge in [0.05, 0.1) is 0 Å². The summed E-state index contributed by atoms with van der Waals surface area (Å²) in [6.45, 7) is 3.68. The second kappa shape index (κ2) is 4.31.